The summed E-state index contributed by atoms with van der Waals surface area (Å²) in [5.74, 6) is 0.112. The lowest BCUT2D eigenvalue weighted by Crippen LogP contribution is -2.32. The molecule has 1 unspecified atom stereocenters. The Labute approximate surface area is 192 Å². The SMILES string of the molecule is CNS(=O)(=O)c1cccc(Nc2cc(Nc3cccc(OC(C(=O)O)C(C)C)c3)ncn2)c1. The Kier molecular flexibility index (Phi) is 7.46. The average molecular weight is 472 g/mol. The highest BCUT2D eigenvalue weighted by Crippen LogP contribution is 2.25. The number of aliphatic carboxylic acids is 1. The second-order valence-electron chi connectivity index (χ2n) is 7.42. The Morgan fingerprint density at radius 1 is 0.970 bits per heavy atom. The van der Waals surface area contributed by atoms with Crippen molar-refractivity contribution in [1.82, 2.24) is 14.7 Å². The molecule has 11 heteroatoms. The highest BCUT2D eigenvalue weighted by Gasteiger charge is 2.23. The zero-order chi connectivity index (χ0) is 24.0. The molecule has 2 aromatic carbocycles. The Balaban J connectivity index is 1.75. The maximum absolute atomic E-state index is 12.0. The minimum atomic E-state index is -3.57. The van der Waals surface area contributed by atoms with Crippen molar-refractivity contribution >= 4 is 39.0 Å². The zero-order valence-electron chi connectivity index (χ0n) is 18.3. The first kappa shape index (κ1) is 24.0. The van der Waals surface area contributed by atoms with E-state index in [1.165, 1.54) is 25.5 Å². The van der Waals surface area contributed by atoms with Crippen LogP contribution < -0.4 is 20.1 Å². The normalized spacial score (nSPS) is 12.2. The number of carbonyl (C=O) groups is 1. The molecule has 1 aromatic heterocycles. The molecule has 0 fully saturated rings. The van der Waals surface area contributed by atoms with E-state index in [1.807, 2.05) is 0 Å². The third-order valence-corrected chi connectivity index (χ3v) is 5.98. The molecule has 0 aliphatic rings. The van der Waals surface area contributed by atoms with Crippen LogP contribution in [0.2, 0.25) is 0 Å². The van der Waals surface area contributed by atoms with Gasteiger partial charge in [-0.2, -0.15) is 0 Å². The summed E-state index contributed by atoms with van der Waals surface area (Å²) in [6.45, 7) is 3.56. The van der Waals surface area contributed by atoms with Gasteiger partial charge in [0.1, 0.15) is 23.7 Å². The number of carboxylic acid groups (broad SMARTS) is 1. The van der Waals surface area contributed by atoms with Gasteiger partial charge in [0, 0.05) is 29.4 Å². The van der Waals surface area contributed by atoms with Crippen LogP contribution >= 0.6 is 0 Å². The van der Waals surface area contributed by atoms with Crippen molar-refractivity contribution in [3.05, 3.63) is 60.9 Å². The molecular weight excluding hydrogens is 446 g/mol. The van der Waals surface area contributed by atoms with Crippen molar-refractivity contribution in [3.63, 3.8) is 0 Å². The van der Waals surface area contributed by atoms with Crippen LogP contribution in [0.4, 0.5) is 23.0 Å². The molecule has 1 heterocycles. The van der Waals surface area contributed by atoms with E-state index in [9.17, 15) is 18.3 Å². The average Bonchev–Trinajstić information content (AvgIpc) is 2.78. The molecular formula is C22H25N5O5S. The van der Waals surface area contributed by atoms with Crippen LogP contribution in [0.3, 0.4) is 0 Å². The van der Waals surface area contributed by atoms with Crippen LogP contribution in [0.15, 0.2) is 65.8 Å². The minimum absolute atomic E-state index is 0.125. The molecule has 3 aromatic rings. The fraction of sp³-hybridized carbons (Fsp3) is 0.227. The minimum Gasteiger partial charge on any atom is -0.478 e. The van der Waals surface area contributed by atoms with Crippen LogP contribution in [-0.4, -0.2) is 42.6 Å². The first-order valence-corrected chi connectivity index (χ1v) is 11.6. The molecule has 33 heavy (non-hydrogen) atoms. The van der Waals surface area contributed by atoms with Gasteiger partial charge in [0.25, 0.3) is 0 Å². The van der Waals surface area contributed by atoms with Crippen LogP contribution in [0.1, 0.15) is 13.8 Å². The van der Waals surface area contributed by atoms with E-state index >= 15 is 0 Å². The van der Waals surface area contributed by atoms with Crippen LogP contribution in [0.25, 0.3) is 0 Å². The number of anilines is 4. The van der Waals surface area contributed by atoms with E-state index < -0.39 is 22.1 Å². The number of carboxylic acids is 1. The number of nitrogens with zero attached hydrogens (tertiary/aromatic N) is 2. The number of rotatable bonds is 10. The molecule has 0 aliphatic heterocycles. The molecule has 1 atom stereocenters. The van der Waals surface area contributed by atoms with Crippen LogP contribution in [-0.2, 0) is 14.8 Å². The number of aromatic nitrogens is 2. The maximum atomic E-state index is 12.0. The Hall–Kier alpha value is -3.70. The molecule has 0 radical (unpaired) electrons. The molecule has 10 nitrogen and oxygen atoms in total. The lowest BCUT2D eigenvalue weighted by Gasteiger charge is -2.19. The van der Waals surface area contributed by atoms with Gasteiger partial charge in [0.15, 0.2) is 6.10 Å². The van der Waals surface area contributed by atoms with Gasteiger partial charge in [-0.3, -0.25) is 0 Å². The van der Waals surface area contributed by atoms with Crippen molar-refractivity contribution in [2.24, 2.45) is 5.92 Å². The van der Waals surface area contributed by atoms with Gasteiger partial charge in [0.2, 0.25) is 10.0 Å². The van der Waals surface area contributed by atoms with Gasteiger partial charge in [-0.15, -0.1) is 0 Å². The van der Waals surface area contributed by atoms with Gasteiger partial charge >= 0.3 is 5.97 Å². The van der Waals surface area contributed by atoms with Crippen molar-refractivity contribution < 1.29 is 23.1 Å². The summed E-state index contributed by atoms with van der Waals surface area (Å²) in [5.41, 5.74) is 1.19. The molecule has 3 rings (SSSR count). The van der Waals surface area contributed by atoms with E-state index in [0.717, 1.165) is 0 Å². The first-order valence-electron chi connectivity index (χ1n) is 10.1. The zero-order valence-corrected chi connectivity index (χ0v) is 19.1. The molecule has 0 aliphatic carbocycles. The lowest BCUT2D eigenvalue weighted by atomic mass is 10.1. The summed E-state index contributed by atoms with van der Waals surface area (Å²) in [7, 11) is -2.22. The molecule has 0 spiro atoms. The van der Waals surface area contributed by atoms with Gasteiger partial charge in [-0.05, 0) is 37.4 Å². The fourth-order valence-electron chi connectivity index (χ4n) is 2.91. The summed E-state index contributed by atoms with van der Waals surface area (Å²) >= 11 is 0. The number of nitrogens with one attached hydrogen (secondary N) is 3. The van der Waals surface area contributed by atoms with Crippen molar-refractivity contribution in [2.75, 3.05) is 17.7 Å². The lowest BCUT2D eigenvalue weighted by molar-refractivity contribution is -0.147. The van der Waals surface area contributed by atoms with E-state index in [0.29, 0.717) is 28.8 Å². The summed E-state index contributed by atoms with van der Waals surface area (Å²) in [4.78, 5) is 19.9. The molecule has 0 saturated carbocycles. The summed E-state index contributed by atoms with van der Waals surface area (Å²) < 4.78 is 31.9. The summed E-state index contributed by atoms with van der Waals surface area (Å²) in [6, 6.07) is 14.9. The summed E-state index contributed by atoms with van der Waals surface area (Å²) in [5, 5.41) is 15.5. The smallest absolute Gasteiger partial charge is 0.345 e. The second-order valence-corrected chi connectivity index (χ2v) is 9.31. The van der Waals surface area contributed by atoms with E-state index in [-0.39, 0.29) is 10.8 Å². The number of benzene rings is 2. The molecule has 0 bridgehead atoms. The van der Waals surface area contributed by atoms with E-state index in [2.05, 4.69) is 25.3 Å². The predicted molar refractivity (Wildman–Crippen MR) is 125 cm³/mol. The second kappa shape index (κ2) is 10.3. The maximum Gasteiger partial charge on any atom is 0.345 e. The van der Waals surface area contributed by atoms with Crippen molar-refractivity contribution in [2.45, 2.75) is 24.8 Å². The fourth-order valence-corrected chi connectivity index (χ4v) is 3.69. The Bertz CT molecular complexity index is 1230. The van der Waals surface area contributed by atoms with Gasteiger partial charge in [0.05, 0.1) is 4.90 Å². The van der Waals surface area contributed by atoms with Gasteiger partial charge < -0.3 is 20.5 Å². The Morgan fingerprint density at radius 2 is 1.58 bits per heavy atom. The number of ether oxygens (including phenoxy) is 1. The van der Waals surface area contributed by atoms with Gasteiger partial charge in [-0.1, -0.05) is 26.0 Å². The molecule has 0 saturated heterocycles. The van der Waals surface area contributed by atoms with Crippen molar-refractivity contribution in [1.29, 1.82) is 0 Å². The van der Waals surface area contributed by atoms with E-state index in [4.69, 9.17) is 4.74 Å². The largest absolute Gasteiger partial charge is 0.478 e. The highest BCUT2D eigenvalue weighted by molar-refractivity contribution is 7.89. The Morgan fingerprint density at radius 3 is 2.15 bits per heavy atom. The summed E-state index contributed by atoms with van der Waals surface area (Å²) in [6.07, 6.45) is 0.399. The quantitative estimate of drug-likeness (QED) is 0.350. The van der Waals surface area contributed by atoms with Gasteiger partial charge in [-0.25, -0.2) is 27.9 Å². The predicted octanol–water partition coefficient (Wildman–Crippen LogP) is 3.36. The molecule has 0 amide bonds. The third-order valence-electron chi connectivity index (χ3n) is 4.57. The van der Waals surface area contributed by atoms with E-state index in [1.54, 1.807) is 56.3 Å². The monoisotopic (exact) mass is 471 g/mol. The number of sulfonamides is 1. The first-order chi connectivity index (χ1) is 15.7. The van der Waals surface area contributed by atoms with Crippen LogP contribution in [0, 0.1) is 5.92 Å². The van der Waals surface area contributed by atoms with Crippen molar-refractivity contribution in [3.8, 4) is 5.75 Å². The standard InChI is InChI=1S/C22H25N5O5S/c1-14(2)21(22(28)29)32-17-8-4-6-15(10-17)26-19-12-20(25-13-24-19)27-16-7-5-9-18(11-16)33(30,31)23-3/h4-14,21,23H,1-3H3,(H,28,29)(H2,24,25,26,27). The topological polar surface area (TPSA) is 143 Å². The highest BCUT2D eigenvalue weighted by atomic mass is 32.2. The van der Waals surface area contributed by atoms with Crippen LogP contribution in [0.5, 0.6) is 5.75 Å². The third kappa shape index (κ3) is 6.40. The molecule has 4 N–H and O–H groups in total. The molecule has 174 valence electrons. The number of hydrogen-bond acceptors (Lipinski definition) is 8. The number of hydrogen-bond donors (Lipinski definition) is 4.